The molecule has 48 valence electrons. The highest BCUT2D eigenvalue weighted by atomic mass is 32.1. The largest absolute Gasteiger partial charge is 0.480 e. The Balaban J connectivity index is 0. The molecule has 0 saturated heterocycles. The van der Waals surface area contributed by atoms with Gasteiger partial charge in [-0.05, 0) is 0 Å². The van der Waals surface area contributed by atoms with Crippen molar-refractivity contribution in [1.82, 2.24) is 0 Å². The quantitative estimate of drug-likeness (QED) is 0.488. The molecular formula is C3H7NO2S2. The summed E-state index contributed by atoms with van der Waals surface area (Å²) in [4.78, 5) is 9.76. The zero-order valence-corrected chi connectivity index (χ0v) is 5.78. The Bertz CT molecular complexity index is 77.7. The lowest BCUT2D eigenvalue weighted by Crippen LogP contribution is -2.31. The van der Waals surface area contributed by atoms with E-state index in [9.17, 15) is 4.79 Å². The number of hydrogen-bond donors (Lipinski definition) is 3. The number of carboxylic acid groups (broad SMARTS) is 1. The number of nitrogens with two attached hydrogens (primary N) is 1. The van der Waals surface area contributed by atoms with Crippen LogP contribution in [0.2, 0.25) is 0 Å². The molecule has 1 atom stereocenters. The normalized spacial score (nSPS) is 11.8. The highest BCUT2D eigenvalue weighted by molar-refractivity contribution is 7.80. The lowest BCUT2D eigenvalue weighted by atomic mass is 10.4. The van der Waals surface area contributed by atoms with E-state index >= 15 is 0 Å². The molecule has 0 saturated carbocycles. The number of hydrogen-bond acceptors (Lipinski definition) is 3. The number of rotatable bonds is 2. The zero-order valence-electron chi connectivity index (χ0n) is 4.07. The van der Waals surface area contributed by atoms with Crippen LogP contribution in [-0.2, 0) is 4.79 Å². The first kappa shape index (κ1) is 11.0. The fourth-order valence-corrected chi connectivity index (χ4v) is 0.234. The molecule has 3 nitrogen and oxygen atoms in total. The van der Waals surface area contributed by atoms with Crippen LogP contribution in [0, 0.1) is 0 Å². The van der Waals surface area contributed by atoms with E-state index in [2.05, 4.69) is 12.6 Å². The third-order valence-corrected chi connectivity index (χ3v) is 0.907. The average Bonchev–Trinajstić information content (AvgIpc) is 1.65. The third-order valence-electron chi connectivity index (χ3n) is 0.514. The predicted molar refractivity (Wildman–Crippen MR) is 37.1 cm³/mol. The molecule has 0 fully saturated rings. The summed E-state index contributed by atoms with van der Waals surface area (Å²) in [5, 5.41) is 8.01. The van der Waals surface area contributed by atoms with Gasteiger partial charge in [0, 0.05) is 19.2 Å². The molecule has 0 amide bonds. The SMILES string of the molecule is N[C@@H](CS)C(=O)O.[S]. The van der Waals surface area contributed by atoms with Crippen molar-refractivity contribution in [2.45, 2.75) is 6.04 Å². The zero-order chi connectivity index (χ0) is 5.86. The van der Waals surface area contributed by atoms with Gasteiger partial charge in [-0.2, -0.15) is 12.6 Å². The molecule has 8 heavy (non-hydrogen) atoms. The second-order valence-corrected chi connectivity index (χ2v) is 1.49. The van der Waals surface area contributed by atoms with Crippen LogP contribution in [0.5, 0.6) is 0 Å². The van der Waals surface area contributed by atoms with E-state index in [-0.39, 0.29) is 19.2 Å². The summed E-state index contributed by atoms with van der Waals surface area (Å²) in [6.07, 6.45) is 0. The van der Waals surface area contributed by atoms with E-state index in [0.717, 1.165) is 0 Å². The van der Waals surface area contributed by atoms with Crippen molar-refractivity contribution in [3.63, 3.8) is 0 Å². The van der Waals surface area contributed by atoms with Crippen molar-refractivity contribution in [2.75, 3.05) is 5.75 Å². The van der Waals surface area contributed by atoms with Crippen molar-refractivity contribution in [3.8, 4) is 0 Å². The highest BCUT2D eigenvalue weighted by Crippen LogP contribution is 1.80. The lowest BCUT2D eigenvalue weighted by Gasteiger charge is -1.96. The molecule has 0 aromatic heterocycles. The minimum atomic E-state index is -1.00. The lowest BCUT2D eigenvalue weighted by molar-refractivity contribution is -0.137. The van der Waals surface area contributed by atoms with Crippen LogP contribution in [-0.4, -0.2) is 22.9 Å². The van der Waals surface area contributed by atoms with Gasteiger partial charge in [-0.15, -0.1) is 0 Å². The van der Waals surface area contributed by atoms with Crippen molar-refractivity contribution in [3.05, 3.63) is 0 Å². The van der Waals surface area contributed by atoms with Crippen LogP contribution in [0.25, 0.3) is 0 Å². The summed E-state index contributed by atoms with van der Waals surface area (Å²) in [5.74, 6) is -0.815. The Morgan fingerprint density at radius 1 is 1.88 bits per heavy atom. The Morgan fingerprint density at radius 2 is 2.25 bits per heavy atom. The smallest absolute Gasteiger partial charge is 0.321 e. The monoisotopic (exact) mass is 153 g/mol. The van der Waals surface area contributed by atoms with Crippen LogP contribution < -0.4 is 5.73 Å². The number of aliphatic carboxylic acids is 1. The Hall–Kier alpha value is 0.130. The van der Waals surface area contributed by atoms with E-state index in [1.54, 1.807) is 0 Å². The first-order chi connectivity index (χ1) is 3.18. The molecule has 0 aliphatic heterocycles. The van der Waals surface area contributed by atoms with E-state index in [1.807, 2.05) is 0 Å². The Kier molecular flexibility index (Phi) is 7.25. The average molecular weight is 153 g/mol. The van der Waals surface area contributed by atoms with Gasteiger partial charge >= 0.3 is 5.97 Å². The molecule has 0 aliphatic rings. The van der Waals surface area contributed by atoms with Crippen molar-refractivity contribution in [1.29, 1.82) is 0 Å². The van der Waals surface area contributed by atoms with Gasteiger partial charge in [0.1, 0.15) is 6.04 Å². The summed E-state index contributed by atoms with van der Waals surface area (Å²) in [7, 11) is 0. The predicted octanol–water partition coefficient (Wildman–Crippen LogP) is -0.0237. The van der Waals surface area contributed by atoms with Gasteiger partial charge in [-0.3, -0.25) is 4.79 Å². The first-order valence-corrected chi connectivity index (χ1v) is 2.41. The number of carbonyl (C=O) groups is 1. The topological polar surface area (TPSA) is 63.3 Å². The maximum atomic E-state index is 9.76. The van der Waals surface area contributed by atoms with E-state index in [1.165, 1.54) is 0 Å². The molecule has 0 spiro atoms. The van der Waals surface area contributed by atoms with E-state index in [4.69, 9.17) is 10.8 Å². The molecular weight excluding hydrogens is 146 g/mol. The van der Waals surface area contributed by atoms with Crippen LogP contribution in [0.1, 0.15) is 0 Å². The van der Waals surface area contributed by atoms with Gasteiger partial charge in [-0.1, -0.05) is 0 Å². The first-order valence-electron chi connectivity index (χ1n) is 1.77. The van der Waals surface area contributed by atoms with Crippen LogP contribution in [0.4, 0.5) is 0 Å². The van der Waals surface area contributed by atoms with Gasteiger partial charge in [0.2, 0.25) is 0 Å². The van der Waals surface area contributed by atoms with Crippen molar-refractivity contribution < 1.29 is 9.90 Å². The van der Waals surface area contributed by atoms with Gasteiger partial charge in [0.15, 0.2) is 0 Å². The van der Waals surface area contributed by atoms with Gasteiger partial charge in [-0.25, -0.2) is 0 Å². The maximum Gasteiger partial charge on any atom is 0.321 e. The molecule has 5 heteroatoms. The fourth-order valence-electron chi connectivity index (χ4n) is 0.0781. The van der Waals surface area contributed by atoms with Gasteiger partial charge < -0.3 is 10.8 Å². The second kappa shape index (κ2) is 5.27. The molecule has 0 unspecified atom stereocenters. The Labute approximate surface area is 60.1 Å². The molecule has 2 radical (unpaired) electrons. The van der Waals surface area contributed by atoms with Gasteiger partial charge in [0.25, 0.3) is 0 Å². The molecule has 0 aromatic carbocycles. The summed E-state index contributed by atoms with van der Waals surface area (Å²) in [5.41, 5.74) is 4.94. The standard InChI is InChI=1S/C3H7NO2S.S/c4-2(1-7)3(5)6;/h2,7H,1,4H2,(H,5,6);/t2-;/m0./s1. The minimum Gasteiger partial charge on any atom is -0.480 e. The molecule has 0 aliphatic carbocycles. The maximum absolute atomic E-state index is 9.76. The van der Waals surface area contributed by atoms with Gasteiger partial charge in [0.05, 0.1) is 0 Å². The summed E-state index contributed by atoms with van der Waals surface area (Å²) < 4.78 is 0. The molecule has 3 N–H and O–H groups in total. The molecule has 0 bridgehead atoms. The summed E-state index contributed by atoms with van der Waals surface area (Å²) >= 11 is 3.65. The molecule has 0 aromatic rings. The van der Waals surface area contributed by atoms with Crippen LogP contribution in [0.15, 0.2) is 0 Å². The van der Waals surface area contributed by atoms with Crippen LogP contribution in [0.3, 0.4) is 0 Å². The number of thiol groups is 1. The van der Waals surface area contributed by atoms with E-state index in [0.29, 0.717) is 0 Å². The third kappa shape index (κ3) is 4.29. The summed E-state index contributed by atoms with van der Waals surface area (Å²) in [6, 6.07) is -0.816. The van der Waals surface area contributed by atoms with Crippen molar-refractivity contribution >= 4 is 32.1 Å². The second-order valence-electron chi connectivity index (χ2n) is 1.13. The Morgan fingerprint density at radius 3 is 2.25 bits per heavy atom. The number of carboxylic acids is 1. The fraction of sp³-hybridized carbons (Fsp3) is 0.667. The summed E-state index contributed by atoms with van der Waals surface area (Å²) in [6.45, 7) is 0. The molecule has 0 heterocycles. The highest BCUT2D eigenvalue weighted by Gasteiger charge is 2.06. The minimum absolute atomic E-state index is 0. The molecule has 0 rings (SSSR count). The van der Waals surface area contributed by atoms with Crippen LogP contribution >= 0.6 is 26.1 Å². The van der Waals surface area contributed by atoms with E-state index < -0.39 is 12.0 Å². The van der Waals surface area contributed by atoms with Crippen molar-refractivity contribution in [2.24, 2.45) is 5.73 Å².